The Balaban J connectivity index is 1.66. The summed E-state index contributed by atoms with van der Waals surface area (Å²) in [6, 6.07) is 17.8. The van der Waals surface area contributed by atoms with Crippen molar-refractivity contribution < 1.29 is 9.53 Å². The smallest absolute Gasteiger partial charge is 0.264 e. The number of ether oxygens (including phenoxy) is 1. The maximum Gasteiger partial charge on any atom is 0.264 e. The fraction of sp³-hybridized carbons (Fsp3) is 0.273. The van der Waals surface area contributed by atoms with E-state index in [1.165, 1.54) is 11.3 Å². The van der Waals surface area contributed by atoms with Gasteiger partial charge in [0, 0.05) is 10.4 Å². The third kappa shape index (κ3) is 4.74. The molecule has 1 N–H and O–H groups in total. The van der Waals surface area contributed by atoms with Gasteiger partial charge in [-0.1, -0.05) is 69.3 Å². The molecule has 0 aliphatic heterocycles. The van der Waals surface area contributed by atoms with Crippen molar-refractivity contribution in [1.82, 2.24) is 4.98 Å². The monoisotopic (exact) mass is 380 g/mol. The number of nitrogens with one attached hydrogen (secondary N) is 1. The highest BCUT2D eigenvalue weighted by molar-refractivity contribution is 7.16. The second-order valence-corrected chi connectivity index (χ2v) is 8.58. The zero-order chi connectivity index (χ0) is 19.4. The first-order chi connectivity index (χ1) is 12.8. The lowest BCUT2D eigenvalue weighted by Crippen LogP contribution is -2.21. The molecule has 0 aliphatic carbocycles. The minimum Gasteiger partial charge on any atom is -0.483 e. The second kappa shape index (κ2) is 7.92. The topological polar surface area (TPSA) is 51.2 Å². The molecule has 2 aromatic carbocycles. The van der Waals surface area contributed by atoms with Crippen molar-refractivity contribution in [1.29, 1.82) is 0 Å². The predicted octanol–water partition coefficient (Wildman–Crippen LogP) is 5.43. The lowest BCUT2D eigenvalue weighted by molar-refractivity contribution is -0.118. The van der Waals surface area contributed by atoms with Crippen molar-refractivity contribution in [2.45, 2.75) is 33.1 Å². The van der Waals surface area contributed by atoms with E-state index in [2.05, 4.69) is 31.1 Å². The van der Waals surface area contributed by atoms with Crippen LogP contribution in [0.2, 0.25) is 0 Å². The zero-order valence-corrected chi connectivity index (χ0v) is 16.9. The normalized spacial score (nSPS) is 11.3. The summed E-state index contributed by atoms with van der Waals surface area (Å²) in [5.74, 6) is 0.521. The molecule has 0 saturated heterocycles. The zero-order valence-electron chi connectivity index (χ0n) is 16.1. The molecule has 0 spiro atoms. The van der Waals surface area contributed by atoms with Crippen LogP contribution in [0.5, 0.6) is 5.75 Å². The Bertz CT molecular complexity index is 927. The van der Waals surface area contributed by atoms with E-state index in [9.17, 15) is 4.79 Å². The molecule has 3 aromatic rings. The summed E-state index contributed by atoms with van der Waals surface area (Å²) in [5.41, 5.74) is 2.97. The average molecular weight is 381 g/mol. The number of amides is 1. The quantitative estimate of drug-likeness (QED) is 0.642. The van der Waals surface area contributed by atoms with E-state index in [1.807, 2.05) is 61.5 Å². The molecule has 4 nitrogen and oxygen atoms in total. The van der Waals surface area contributed by atoms with Gasteiger partial charge in [0.1, 0.15) is 5.75 Å². The molecule has 1 aromatic heterocycles. The number of nitrogens with zero attached hydrogens (tertiary/aromatic N) is 1. The van der Waals surface area contributed by atoms with Crippen molar-refractivity contribution in [3.8, 4) is 17.0 Å². The number of carbonyl (C=O) groups excluding carboxylic acids is 1. The molecule has 1 heterocycles. The fourth-order valence-corrected chi connectivity index (χ4v) is 3.68. The largest absolute Gasteiger partial charge is 0.483 e. The summed E-state index contributed by atoms with van der Waals surface area (Å²) in [4.78, 5) is 18.0. The molecule has 27 heavy (non-hydrogen) atoms. The van der Waals surface area contributed by atoms with E-state index in [1.54, 1.807) is 0 Å². The lowest BCUT2D eigenvalue weighted by atomic mass is 9.86. The molecule has 0 bridgehead atoms. The van der Waals surface area contributed by atoms with Crippen LogP contribution in [0, 0.1) is 6.92 Å². The van der Waals surface area contributed by atoms with Crippen molar-refractivity contribution in [3.63, 3.8) is 0 Å². The van der Waals surface area contributed by atoms with Crippen LogP contribution in [0.25, 0.3) is 11.3 Å². The number of rotatable bonds is 5. The highest BCUT2D eigenvalue weighted by Crippen LogP contribution is 2.32. The van der Waals surface area contributed by atoms with E-state index in [-0.39, 0.29) is 17.9 Å². The molecule has 0 fully saturated rings. The SMILES string of the molecule is Cc1sc(NC(=O)COc2ccccc2C(C)(C)C)nc1-c1ccccc1. The minimum atomic E-state index is -0.216. The van der Waals surface area contributed by atoms with Gasteiger partial charge in [-0.05, 0) is 24.0 Å². The summed E-state index contributed by atoms with van der Waals surface area (Å²) < 4.78 is 5.78. The van der Waals surface area contributed by atoms with Crippen LogP contribution >= 0.6 is 11.3 Å². The standard InChI is InChI=1S/C22H24N2O2S/c1-15-20(16-10-6-5-7-11-16)24-21(27-15)23-19(25)14-26-18-13-9-8-12-17(18)22(2,3)4/h5-13H,14H2,1-4H3,(H,23,24,25). The molecule has 140 valence electrons. The summed E-state index contributed by atoms with van der Waals surface area (Å²) in [5, 5.41) is 3.43. The van der Waals surface area contributed by atoms with Gasteiger partial charge in [0.25, 0.3) is 5.91 Å². The third-order valence-electron chi connectivity index (χ3n) is 4.14. The van der Waals surface area contributed by atoms with Crippen molar-refractivity contribution in [2.24, 2.45) is 0 Å². The van der Waals surface area contributed by atoms with E-state index in [0.29, 0.717) is 5.13 Å². The number of anilines is 1. The second-order valence-electron chi connectivity index (χ2n) is 7.37. The Labute approximate surface area is 164 Å². The van der Waals surface area contributed by atoms with Crippen LogP contribution in [0.3, 0.4) is 0 Å². The summed E-state index contributed by atoms with van der Waals surface area (Å²) in [6.45, 7) is 8.33. The van der Waals surface area contributed by atoms with Crippen LogP contribution in [-0.4, -0.2) is 17.5 Å². The molecular formula is C22H24N2O2S. The van der Waals surface area contributed by atoms with Crippen LogP contribution in [0.15, 0.2) is 54.6 Å². The number of aromatic nitrogens is 1. The maximum atomic E-state index is 12.3. The summed E-state index contributed by atoms with van der Waals surface area (Å²) in [6.07, 6.45) is 0. The molecule has 3 rings (SSSR count). The van der Waals surface area contributed by atoms with Gasteiger partial charge < -0.3 is 4.74 Å². The number of para-hydroxylation sites is 1. The van der Waals surface area contributed by atoms with Crippen LogP contribution < -0.4 is 10.1 Å². The molecule has 0 atom stereocenters. The van der Waals surface area contributed by atoms with Crippen LogP contribution in [-0.2, 0) is 10.2 Å². The third-order valence-corrected chi connectivity index (χ3v) is 5.03. The van der Waals surface area contributed by atoms with Crippen LogP contribution in [0.4, 0.5) is 5.13 Å². The van der Waals surface area contributed by atoms with E-state index in [0.717, 1.165) is 27.4 Å². The number of thiazole rings is 1. The predicted molar refractivity (Wildman–Crippen MR) is 112 cm³/mol. The first kappa shape index (κ1) is 19.1. The number of hydrogen-bond donors (Lipinski definition) is 1. The average Bonchev–Trinajstić information content (AvgIpc) is 3.00. The first-order valence-corrected chi connectivity index (χ1v) is 9.71. The van der Waals surface area contributed by atoms with Gasteiger partial charge in [-0.2, -0.15) is 0 Å². The van der Waals surface area contributed by atoms with Gasteiger partial charge in [0.05, 0.1) is 5.69 Å². The molecular weight excluding hydrogens is 356 g/mol. The first-order valence-electron chi connectivity index (χ1n) is 8.89. The van der Waals surface area contributed by atoms with Crippen molar-refractivity contribution in [2.75, 3.05) is 11.9 Å². The van der Waals surface area contributed by atoms with E-state index < -0.39 is 0 Å². The van der Waals surface area contributed by atoms with Crippen molar-refractivity contribution >= 4 is 22.4 Å². The van der Waals surface area contributed by atoms with Gasteiger partial charge in [0.2, 0.25) is 0 Å². The Kier molecular flexibility index (Phi) is 5.61. The Hall–Kier alpha value is -2.66. The number of benzene rings is 2. The van der Waals surface area contributed by atoms with Gasteiger partial charge in [-0.25, -0.2) is 4.98 Å². The highest BCUT2D eigenvalue weighted by atomic mass is 32.1. The van der Waals surface area contributed by atoms with Gasteiger partial charge in [-0.3, -0.25) is 10.1 Å². The Morgan fingerprint density at radius 2 is 1.74 bits per heavy atom. The van der Waals surface area contributed by atoms with Crippen LogP contribution in [0.1, 0.15) is 31.2 Å². The molecule has 0 unspecified atom stereocenters. The van der Waals surface area contributed by atoms with Gasteiger partial charge in [-0.15, -0.1) is 11.3 Å². The van der Waals surface area contributed by atoms with E-state index >= 15 is 0 Å². The Morgan fingerprint density at radius 1 is 1.07 bits per heavy atom. The highest BCUT2D eigenvalue weighted by Gasteiger charge is 2.19. The summed E-state index contributed by atoms with van der Waals surface area (Å²) in [7, 11) is 0. The molecule has 0 radical (unpaired) electrons. The lowest BCUT2D eigenvalue weighted by Gasteiger charge is -2.22. The number of carbonyl (C=O) groups is 1. The Morgan fingerprint density at radius 3 is 2.44 bits per heavy atom. The van der Waals surface area contributed by atoms with E-state index in [4.69, 9.17) is 4.74 Å². The van der Waals surface area contributed by atoms with Gasteiger partial charge in [0.15, 0.2) is 11.7 Å². The number of aryl methyl sites for hydroxylation is 1. The fourth-order valence-electron chi connectivity index (χ4n) is 2.82. The molecule has 0 aliphatic rings. The number of hydrogen-bond acceptors (Lipinski definition) is 4. The minimum absolute atomic E-state index is 0.0492. The van der Waals surface area contributed by atoms with Crippen molar-refractivity contribution in [3.05, 3.63) is 65.0 Å². The molecule has 0 saturated carbocycles. The molecule has 5 heteroatoms. The van der Waals surface area contributed by atoms with Gasteiger partial charge >= 0.3 is 0 Å². The molecule has 1 amide bonds. The maximum absolute atomic E-state index is 12.3. The summed E-state index contributed by atoms with van der Waals surface area (Å²) >= 11 is 1.47.